The summed E-state index contributed by atoms with van der Waals surface area (Å²) < 4.78 is 0. The zero-order valence-electron chi connectivity index (χ0n) is 9.76. The van der Waals surface area contributed by atoms with Crippen LogP contribution in [0.25, 0.3) is 0 Å². The summed E-state index contributed by atoms with van der Waals surface area (Å²) in [4.78, 5) is 2.28. The lowest BCUT2D eigenvalue weighted by atomic mass is 9.93. The lowest BCUT2D eigenvalue weighted by Gasteiger charge is -2.23. The van der Waals surface area contributed by atoms with Gasteiger partial charge in [0.1, 0.15) is 5.60 Å². The van der Waals surface area contributed by atoms with Gasteiger partial charge in [0.15, 0.2) is 0 Å². The van der Waals surface area contributed by atoms with Crippen LogP contribution in [0.2, 0.25) is 0 Å². The van der Waals surface area contributed by atoms with Crippen LogP contribution in [0, 0.1) is 0 Å². The van der Waals surface area contributed by atoms with E-state index in [1.54, 1.807) is 0 Å². The smallest absolute Gasteiger partial charge is 0.103 e. The van der Waals surface area contributed by atoms with Crippen molar-refractivity contribution >= 4 is 0 Å². The van der Waals surface area contributed by atoms with Crippen LogP contribution in [-0.4, -0.2) is 29.6 Å². The van der Waals surface area contributed by atoms with Crippen molar-refractivity contribution in [2.24, 2.45) is 0 Å². The Hall–Kier alpha value is -1.12. The van der Waals surface area contributed by atoms with Gasteiger partial charge in [-0.05, 0) is 18.9 Å². The van der Waals surface area contributed by atoms with Crippen LogP contribution in [-0.2, 0) is 5.60 Å². The molecule has 2 rings (SSSR count). The van der Waals surface area contributed by atoms with Gasteiger partial charge in [-0.25, -0.2) is 0 Å². The molecule has 0 saturated carbocycles. The van der Waals surface area contributed by atoms with Crippen molar-refractivity contribution in [1.82, 2.24) is 4.90 Å². The van der Waals surface area contributed by atoms with Gasteiger partial charge < -0.3 is 5.11 Å². The molecule has 1 N–H and O–H groups in total. The minimum atomic E-state index is -0.650. The van der Waals surface area contributed by atoms with E-state index < -0.39 is 5.60 Å². The third kappa shape index (κ3) is 2.34. The molecule has 0 radical (unpaired) electrons. The third-order valence-corrected chi connectivity index (χ3v) is 3.24. The Bertz CT molecular complexity index is 360. The molecule has 1 aromatic carbocycles. The maximum atomic E-state index is 10.6. The summed E-state index contributed by atoms with van der Waals surface area (Å²) in [5, 5.41) is 10.6. The molecule has 0 spiro atoms. The summed E-state index contributed by atoms with van der Waals surface area (Å²) in [5.41, 5.74) is 0.390. The number of hydrogen-bond acceptors (Lipinski definition) is 2. The Morgan fingerprint density at radius 1 is 1.38 bits per heavy atom. The summed E-state index contributed by atoms with van der Waals surface area (Å²) in [6, 6.07) is 9.99. The SMILES string of the molecule is C/C=C/CN1CC[C@@](O)(c2ccccc2)C1. The molecule has 1 aromatic rings. The third-order valence-electron chi connectivity index (χ3n) is 3.24. The molecule has 0 bridgehead atoms. The van der Waals surface area contributed by atoms with E-state index in [4.69, 9.17) is 0 Å². The number of allylic oxidation sites excluding steroid dienone is 1. The van der Waals surface area contributed by atoms with E-state index in [-0.39, 0.29) is 0 Å². The summed E-state index contributed by atoms with van der Waals surface area (Å²) >= 11 is 0. The fraction of sp³-hybridized carbons (Fsp3) is 0.429. The number of aliphatic hydroxyl groups is 1. The number of nitrogens with zero attached hydrogens (tertiary/aromatic N) is 1. The maximum absolute atomic E-state index is 10.6. The summed E-state index contributed by atoms with van der Waals surface area (Å²) in [7, 11) is 0. The van der Waals surface area contributed by atoms with Crippen molar-refractivity contribution in [2.75, 3.05) is 19.6 Å². The molecule has 0 amide bonds. The standard InChI is InChI=1S/C14H19NO/c1-2-3-10-15-11-9-14(16,12-15)13-7-5-4-6-8-13/h2-8,16H,9-12H2,1H3/b3-2+/t14-/m0/s1. The van der Waals surface area contributed by atoms with E-state index in [9.17, 15) is 5.11 Å². The molecule has 16 heavy (non-hydrogen) atoms. The highest BCUT2D eigenvalue weighted by Gasteiger charge is 2.36. The van der Waals surface area contributed by atoms with Gasteiger partial charge >= 0.3 is 0 Å². The molecule has 1 atom stereocenters. The monoisotopic (exact) mass is 217 g/mol. The normalized spacial score (nSPS) is 26.6. The first-order valence-electron chi connectivity index (χ1n) is 5.86. The minimum Gasteiger partial charge on any atom is -0.384 e. The molecule has 2 heteroatoms. The van der Waals surface area contributed by atoms with Gasteiger partial charge in [0.25, 0.3) is 0 Å². The van der Waals surface area contributed by atoms with Crippen molar-refractivity contribution in [3.63, 3.8) is 0 Å². The Balaban J connectivity index is 2.06. The van der Waals surface area contributed by atoms with E-state index in [2.05, 4.69) is 17.1 Å². The quantitative estimate of drug-likeness (QED) is 0.784. The highest BCUT2D eigenvalue weighted by molar-refractivity contribution is 5.24. The van der Waals surface area contributed by atoms with Crippen molar-refractivity contribution in [2.45, 2.75) is 18.9 Å². The van der Waals surface area contributed by atoms with E-state index in [0.29, 0.717) is 0 Å². The number of benzene rings is 1. The van der Waals surface area contributed by atoms with Gasteiger partial charge in [-0.2, -0.15) is 0 Å². The number of β-amino-alcohol motifs (C(OH)–C–C–N with tert-alkyl or cyclic N) is 1. The molecule has 1 fully saturated rings. The summed E-state index contributed by atoms with van der Waals surface area (Å²) in [6.07, 6.45) is 5.02. The average Bonchev–Trinajstić information content (AvgIpc) is 2.71. The van der Waals surface area contributed by atoms with E-state index in [1.165, 1.54) is 0 Å². The van der Waals surface area contributed by atoms with Crippen molar-refractivity contribution in [1.29, 1.82) is 0 Å². The molecule has 0 unspecified atom stereocenters. The van der Waals surface area contributed by atoms with Crippen LogP contribution >= 0.6 is 0 Å². The molecule has 1 heterocycles. The molecule has 0 aliphatic carbocycles. The van der Waals surface area contributed by atoms with Crippen molar-refractivity contribution in [3.05, 3.63) is 48.0 Å². The molecule has 1 saturated heterocycles. The van der Waals surface area contributed by atoms with E-state index in [1.807, 2.05) is 37.3 Å². The molecule has 1 aliphatic rings. The predicted molar refractivity (Wildman–Crippen MR) is 66.2 cm³/mol. The molecular formula is C14H19NO. The Morgan fingerprint density at radius 2 is 2.12 bits per heavy atom. The molecule has 0 aromatic heterocycles. The first-order valence-corrected chi connectivity index (χ1v) is 5.86. The van der Waals surface area contributed by atoms with Gasteiger partial charge in [-0.1, -0.05) is 42.5 Å². The first-order chi connectivity index (χ1) is 7.74. The predicted octanol–water partition coefficient (Wildman–Crippen LogP) is 2.16. The molecule has 1 aliphatic heterocycles. The van der Waals surface area contributed by atoms with Gasteiger partial charge in [0.2, 0.25) is 0 Å². The minimum absolute atomic E-state index is 0.650. The summed E-state index contributed by atoms with van der Waals surface area (Å²) in [5.74, 6) is 0. The molecular weight excluding hydrogens is 198 g/mol. The van der Waals surface area contributed by atoms with Gasteiger partial charge in [0.05, 0.1) is 0 Å². The second-order valence-electron chi connectivity index (χ2n) is 4.45. The number of rotatable bonds is 3. The van der Waals surface area contributed by atoms with Gasteiger partial charge in [-0.15, -0.1) is 0 Å². The Morgan fingerprint density at radius 3 is 2.81 bits per heavy atom. The highest BCUT2D eigenvalue weighted by atomic mass is 16.3. The van der Waals surface area contributed by atoms with Crippen LogP contribution < -0.4 is 0 Å². The largest absolute Gasteiger partial charge is 0.384 e. The van der Waals surface area contributed by atoms with Gasteiger partial charge in [-0.3, -0.25) is 4.90 Å². The second-order valence-corrected chi connectivity index (χ2v) is 4.45. The fourth-order valence-corrected chi connectivity index (χ4v) is 2.27. The summed E-state index contributed by atoms with van der Waals surface area (Å²) in [6.45, 7) is 4.67. The lowest BCUT2D eigenvalue weighted by molar-refractivity contribution is 0.0474. The van der Waals surface area contributed by atoms with E-state index in [0.717, 1.165) is 31.6 Å². The molecule has 86 valence electrons. The zero-order chi connectivity index (χ0) is 11.4. The van der Waals surface area contributed by atoms with Crippen molar-refractivity contribution < 1.29 is 5.11 Å². The topological polar surface area (TPSA) is 23.5 Å². The second kappa shape index (κ2) is 4.81. The Kier molecular flexibility index (Phi) is 3.42. The van der Waals surface area contributed by atoms with Crippen LogP contribution in [0.1, 0.15) is 18.9 Å². The highest BCUT2D eigenvalue weighted by Crippen LogP contribution is 2.31. The van der Waals surface area contributed by atoms with Crippen LogP contribution in [0.3, 0.4) is 0 Å². The average molecular weight is 217 g/mol. The van der Waals surface area contributed by atoms with Crippen LogP contribution in [0.4, 0.5) is 0 Å². The number of hydrogen-bond donors (Lipinski definition) is 1. The number of likely N-dealkylation sites (tertiary alicyclic amines) is 1. The Labute approximate surface area is 97.2 Å². The first kappa shape index (κ1) is 11.4. The van der Waals surface area contributed by atoms with Crippen LogP contribution in [0.5, 0.6) is 0 Å². The van der Waals surface area contributed by atoms with Gasteiger partial charge in [0, 0.05) is 19.6 Å². The van der Waals surface area contributed by atoms with E-state index >= 15 is 0 Å². The van der Waals surface area contributed by atoms with Crippen molar-refractivity contribution in [3.8, 4) is 0 Å². The van der Waals surface area contributed by atoms with Crippen LogP contribution in [0.15, 0.2) is 42.5 Å². The lowest BCUT2D eigenvalue weighted by Crippen LogP contribution is -2.30. The maximum Gasteiger partial charge on any atom is 0.103 e. The zero-order valence-corrected chi connectivity index (χ0v) is 9.76. The molecule has 2 nitrogen and oxygen atoms in total. The fourth-order valence-electron chi connectivity index (χ4n) is 2.27.